The first-order valence-electron chi connectivity index (χ1n) is 5.49. The van der Waals surface area contributed by atoms with Gasteiger partial charge in [0.2, 0.25) is 10.0 Å². The number of hydrogen-bond acceptors (Lipinski definition) is 2. The lowest BCUT2D eigenvalue weighted by Crippen LogP contribution is -2.28. The van der Waals surface area contributed by atoms with Gasteiger partial charge in [0.1, 0.15) is 0 Å². The van der Waals surface area contributed by atoms with Crippen molar-refractivity contribution in [2.24, 2.45) is 0 Å². The Kier molecular flexibility index (Phi) is 5.16. The van der Waals surface area contributed by atoms with Crippen LogP contribution in [0.4, 0.5) is 0 Å². The Morgan fingerprint density at radius 3 is 2.53 bits per heavy atom. The first-order chi connectivity index (χ1) is 7.89. The Morgan fingerprint density at radius 2 is 1.94 bits per heavy atom. The zero-order valence-corrected chi connectivity index (χ0v) is 12.8. The van der Waals surface area contributed by atoms with Crippen molar-refractivity contribution in [2.75, 3.05) is 18.9 Å². The van der Waals surface area contributed by atoms with Gasteiger partial charge in [0.05, 0.1) is 4.90 Å². The van der Waals surface area contributed by atoms with E-state index >= 15 is 0 Å². The Labute approximate surface area is 112 Å². The molecule has 1 aromatic carbocycles. The smallest absolute Gasteiger partial charge is 0.207 e. The lowest BCUT2D eigenvalue weighted by molar-refractivity contribution is 0.469. The quantitative estimate of drug-likeness (QED) is 0.782. The maximum atomic E-state index is 12.3. The van der Waals surface area contributed by atoms with E-state index in [9.17, 15) is 8.42 Å². The summed E-state index contributed by atoms with van der Waals surface area (Å²) in [7, 11) is -1.73. The van der Waals surface area contributed by atoms with Crippen molar-refractivity contribution in [2.45, 2.75) is 25.2 Å². The predicted molar refractivity (Wildman–Crippen MR) is 74.1 cm³/mol. The topological polar surface area (TPSA) is 37.4 Å². The molecular weight excluding hydrogens is 302 g/mol. The molecule has 0 aromatic heterocycles. The standard InChI is InChI=1S/C12H18BrNO2S/c1-10-5-6-11(2)12(9-10)17(15,16)14(3)8-4-7-13/h5-6,9H,4,7-8H2,1-3H3. The van der Waals surface area contributed by atoms with Gasteiger partial charge in [-0.15, -0.1) is 0 Å². The lowest BCUT2D eigenvalue weighted by Gasteiger charge is -2.18. The summed E-state index contributed by atoms with van der Waals surface area (Å²) < 4.78 is 26.1. The van der Waals surface area contributed by atoms with Gasteiger partial charge in [-0.2, -0.15) is 0 Å². The third-order valence-electron chi connectivity index (χ3n) is 2.64. The number of hydrogen-bond donors (Lipinski definition) is 0. The lowest BCUT2D eigenvalue weighted by atomic mass is 10.2. The van der Waals surface area contributed by atoms with Crippen molar-refractivity contribution in [1.82, 2.24) is 4.31 Å². The number of halogens is 1. The van der Waals surface area contributed by atoms with Gasteiger partial charge >= 0.3 is 0 Å². The van der Waals surface area contributed by atoms with E-state index in [1.54, 1.807) is 13.1 Å². The molecule has 1 aromatic rings. The zero-order chi connectivity index (χ0) is 13.1. The summed E-state index contributed by atoms with van der Waals surface area (Å²) in [6.07, 6.45) is 0.806. The van der Waals surface area contributed by atoms with E-state index in [1.807, 2.05) is 26.0 Å². The molecule has 1 rings (SSSR count). The van der Waals surface area contributed by atoms with E-state index in [0.717, 1.165) is 22.9 Å². The number of rotatable bonds is 5. The average molecular weight is 320 g/mol. The summed E-state index contributed by atoms with van der Waals surface area (Å²) in [5.74, 6) is 0. The molecule has 0 N–H and O–H groups in total. The molecule has 0 aliphatic carbocycles. The Morgan fingerprint density at radius 1 is 1.29 bits per heavy atom. The van der Waals surface area contributed by atoms with Gasteiger partial charge in [0, 0.05) is 18.9 Å². The van der Waals surface area contributed by atoms with Crippen LogP contribution in [0, 0.1) is 13.8 Å². The Bertz CT molecular complexity index is 485. The summed E-state index contributed by atoms with van der Waals surface area (Å²) in [6, 6.07) is 5.50. The van der Waals surface area contributed by atoms with Crippen LogP contribution in [0.25, 0.3) is 0 Å². The van der Waals surface area contributed by atoms with Crippen molar-refractivity contribution < 1.29 is 8.42 Å². The molecule has 3 nitrogen and oxygen atoms in total. The normalized spacial score (nSPS) is 12.1. The fraction of sp³-hybridized carbons (Fsp3) is 0.500. The maximum Gasteiger partial charge on any atom is 0.243 e. The molecule has 0 saturated heterocycles. The molecule has 17 heavy (non-hydrogen) atoms. The SMILES string of the molecule is Cc1ccc(C)c(S(=O)(=O)N(C)CCCBr)c1. The fourth-order valence-corrected chi connectivity index (χ4v) is 3.32. The molecular formula is C12H18BrNO2S. The number of nitrogens with zero attached hydrogens (tertiary/aromatic N) is 1. The average Bonchev–Trinajstić information content (AvgIpc) is 2.28. The fourth-order valence-electron chi connectivity index (χ4n) is 1.56. The van der Waals surface area contributed by atoms with Crippen LogP contribution in [0.3, 0.4) is 0 Å². The highest BCUT2D eigenvalue weighted by atomic mass is 79.9. The maximum absolute atomic E-state index is 12.3. The summed E-state index contributed by atoms with van der Waals surface area (Å²) in [6.45, 7) is 4.25. The van der Waals surface area contributed by atoms with E-state index in [0.29, 0.717) is 11.4 Å². The number of aryl methyl sites for hydroxylation is 2. The van der Waals surface area contributed by atoms with Crippen LogP contribution < -0.4 is 0 Å². The number of alkyl halides is 1. The first-order valence-corrected chi connectivity index (χ1v) is 8.05. The minimum atomic E-state index is -3.35. The van der Waals surface area contributed by atoms with Gasteiger partial charge in [-0.05, 0) is 37.5 Å². The van der Waals surface area contributed by atoms with Crippen molar-refractivity contribution in [3.8, 4) is 0 Å². The first kappa shape index (κ1) is 14.7. The van der Waals surface area contributed by atoms with Gasteiger partial charge in [0.15, 0.2) is 0 Å². The van der Waals surface area contributed by atoms with Crippen LogP contribution in [0.15, 0.2) is 23.1 Å². The van der Waals surface area contributed by atoms with Crippen LogP contribution in [0.5, 0.6) is 0 Å². The van der Waals surface area contributed by atoms with Gasteiger partial charge < -0.3 is 0 Å². The van der Waals surface area contributed by atoms with Crippen LogP contribution in [0.1, 0.15) is 17.5 Å². The predicted octanol–water partition coefficient (Wildman–Crippen LogP) is 2.71. The Hall–Kier alpha value is -0.390. The highest BCUT2D eigenvalue weighted by Crippen LogP contribution is 2.20. The summed E-state index contributed by atoms with van der Waals surface area (Å²) in [5.41, 5.74) is 1.75. The zero-order valence-electron chi connectivity index (χ0n) is 10.4. The van der Waals surface area contributed by atoms with Crippen LogP contribution >= 0.6 is 15.9 Å². The molecule has 0 aliphatic heterocycles. The number of sulfonamides is 1. The molecule has 0 unspecified atom stereocenters. The molecule has 0 saturated carbocycles. The highest BCUT2D eigenvalue weighted by Gasteiger charge is 2.22. The van der Waals surface area contributed by atoms with Crippen molar-refractivity contribution in [3.05, 3.63) is 29.3 Å². The largest absolute Gasteiger partial charge is 0.243 e. The third-order valence-corrected chi connectivity index (χ3v) is 5.20. The van der Waals surface area contributed by atoms with E-state index in [-0.39, 0.29) is 0 Å². The van der Waals surface area contributed by atoms with Crippen molar-refractivity contribution in [1.29, 1.82) is 0 Å². The minimum absolute atomic E-state index is 0.412. The monoisotopic (exact) mass is 319 g/mol. The Balaban J connectivity index is 3.08. The second-order valence-electron chi connectivity index (χ2n) is 4.14. The van der Waals surface area contributed by atoms with E-state index in [2.05, 4.69) is 15.9 Å². The molecule has 0 fully saturated rings. The van der Waals surface area contributed by atoms with Crippen LogP contribution in [-0.4, -0.2) is 31.6 Å². The van der Waals surface area contributed by atoms with Crippen LogP contribution in [0.2, 0.25) is 0 Å². The second kappa shape index (κ2) is 5.98. The molecule has 0 radical (unpaired) electrons. The van der Waals surface area contributed by atoms with Gasteiger partial charge in [-0.1, -0.05) is 28.1 Å². The summed E-state index contributed by atoms with van der Waals surface area (Å²) >= 11 is 3.31. The highest BCUT2D eigenvalue weighted by molar-refractivity contribution is 9.09. The molecule has 0 bridgehead atoms. The third kappa shape index (κ3) is 3.53. The molecule has 0 heterocycles. The van der Waals surface area contributed by atoms with Crippen molar-refractivity contribution >= 4 is 26.0 Å². The molecule has 0 amide bonds. The van der Waals surface area contributed by atoms with Gasteiger partial charge in [-0.3, -0.25) is 0 Å². The molecule has 5 heteroatoms. The summed E-state index contributed by atoms with van der Waals surface area (Å²) in [4.78, 5) is 0.412. The van der Waals surface area contributed by atoms with Gasteiger partial charge in [0.25, 0.3) is 0 Å². The molecule has 0 spiro atoms. The van der Waals surface area contributed by atoms with Crippen molar-refractivity contribution in [3.63, 3.8) is 0 Å². The number of benzene rings is 1. The molecule has 0 atom stereocenters. The molecule has 96 valence electrons. The van der Waals surface area contributed by atoms with Crippen LogP contribution in [-0.2, 0) is 10.0 Å². The second-order valence-corrected chi connectivity index (χ2v) is 6.94. The van der Waals surface area contributed by atoms with E-state index in [1.165, 1.54) is 4.31 Å². The van der Waals surface area contributed by atoms with E-state index < -0.39 is 10.0 Å². The van der Waals surface area contributed by atoms with E-state index in [4.69, 9.17) is 0 Å². The van der Waals surface area contributed by atoms with Gasteiger partial charge in [-0.25, -0.2) is 12.7 Å². The summed E-state index contributed by atoms with van der Waals surface area (Å²) in [5, 5.41) is 0.805. The molecule has 0 aliphatic rings. The minimum Gasteiger partial charge on any atom is -0.207 e.